The lowest BCUT2D eigenvalue weighted by molar-refractivity contribution is -0.384. The molecule has 0 aliphatic rings. The van der Waals surface area contributed by atoms with Gasteiger partial charge in [0.05, 0.1) is 28.3 Å². The second-order valence-corrected chi connectivity index (χ2v) is 7.40. The summed E-state index contributed by atoms with van der Waals surface area (Å²) in [4.78, 5) is 21.8. The molecule has 0 unspecified atom stereocenters. The van der Waals surface area contributed by atoms with Crippen LogP contribution in [-0.2, 0) is 16.1 Å². The van der Waals surface area contributed by atoms with Crippen molar-refractivity contribution in [3.8, 4) is 17.2 Å². The molecule has 0 bridgehead atoms. The molecule has 0 aliphatic carbocycles. The maximum Gasteiger partial charge on any atom is 0.339 e. The second-order valence-electron chi connectivity index (χ2n) is 6.59. The van der Waals surface area contributed by atoms with Crippen molar-refractivity contribution in [2.24, 2.45) is 0 Å². The van der Waals surface area contributed by atoms with Crippen molar-refractivity contribution < 1.29 is 29.0 Å². The minimum Gasteiger partial charge on any atom is -0.503 e. The highest BCUT2D eigenvalue weighted by Gasteiger charge is 2.17. The molecule has 0 heterocycles. The molecule has 0 spiro atoms. The van der Waals surface area contributed by atoms with Gasteiger partial charge in [-0.1, -0.05) is 47.5 Å². The Morgan fingerprint density at radius 1 is 1.06 bits per heavy atom. The third-order valence-corrected chi connectivity index (χ3v) is 4.97. The zero-order chi connectivity index (χ0) is 24.0. The van der Waals surface area contributed by atoms with E-state index in [2.05, 4.69) is 0 Å². The lowest BCUT2D eigenvalue weighted by Gasteiger charge is -2.14. The van der Waals surface area contributed by atoms with E-state index in [0.717, 1.165) is 6.26 Å². The number of nitro benzene ring substituents is 1. The number of benzene rings is 3. The number of hydrogen-bond donors (Lipinski definition) is 1. The van der Waals surface area contributed by atoms with Crippen LogP contribution in [0.5, 0.6) is 17.2 Å². The molecule has 8 nitrogen and oxygen atoms in total. The molecule has 0 aliphatic heterocycles. The van der Waals surface area contributed by atoms with E-state index in [1.807, 2.05) is 0 Å². The maximum absolute atomic E-state index is 11.6. The average molecular weight is 490 g/mol. The predicted octanol–water partition coefficient (Wildman–Crippen LogP) is 6.34. The average Bonchev–Trinajstić information content (AvgIpc) is 2.79. The van der Waals surface area contributed by atoms with E-state index in [1.165, 1.54) is 43.5 Å². The fraction of sp³-hybridized carbons (Fsp3) is 0.0870. The number of halogens is 2. The van der Waals surface area contributed by atoms with Crippen LogP contribution in [-0.4, -0.2) is 23.1 Å². The Kier molecular flexibility index (Phi) is 7.76. The number of rotatable bonds is 9. The van der Waals surface area contributed by atoms with E-state index in [0.29, 0.717) is 22.6 Å². The summed E-state index contributed by atoms with van der Waals surface area (Å²) in [5, 5.41) is 20.6. The zero-order valence-electron chi connectivity index (χ0n) is 17.2. The van der Waals surface area contributed by atoms with Gasteiger partial charge in [0, 0.05) is 24.3 Å². The Morgan fingerprint density at radius 2 is 1.70 bits per heavy atom. The molecule has 0 saturated carbocycles. The fourth-order valence-electron chi connectivity index (χ4n) is 2.89. The highest BCUT2D eigenvalue weighted by atomic mass is 35.5. The molecule has 33 heavy (non-hydrogen) atoms. The van der Waals surface area contributed by atoms with E-state index < -0.39 is 10.9 Å². The lowest BCUT2D eigenvalue weighted by atomic mass is 10.0. The second kappa shape index (κ2) is 10.7. The van der Waals surface area contributed by atoms with Crippen molar-refractivity contribution in [2.75, 3.05) is 7.11 Å². The Hall–Kier alpha value is -3.75. The standard InChI is InChI=1S/C23H17Cl2NO7/c1-31-13-19(23(27)28)18-5-3-2-4-14(18)12-32-17-10-20(24)22(21(25)11-17)33-16-8-6-15(7-9-16)26(29)30/h2-11,13H,12H2,1H3,(H,27,28). The number of hydrogen-bond acceptors (Lipinski definition) is 6. The van der Waals surface area contributed by atoms with Crippen LogP contribution in [0.1, 0.15) is 11.1 Å². The van der Waals surface area contributed by atoms with Gasteiger partial charge in [-0.2, -0.15) is 0 Å². The van der Waals surface area contributed by atoms with Crippen molar-refractivity contribution in [1.82, 2.24) is 0 Å². The Labute approximate surface area is 198 Å². The first-order valence-corrected chi connectivity index (χ1v) is 10.1. The van der Waals surface area contributed by atoms with Gasteiger partial charge in [0.15, 0.2) is 5.75 Å². The first kappa shape index (κ1) is 23.9. The predicted molar refractivity (Wildman–Crippen MR) is 123 cm³/mol. The monoisotopic (exact) mass is 489 g/mol. The van der Waals surface area contributed by atoms with Crippen LogP contribution in [0.25, 0.3) is 5.57 Å². The summed E-state index contributed by atoms with van der Waals surface area (Å²) in [7, 11) is 1.37. The van der Waals surface area contributed by atoms with Crippen LogP contribution < -0.4 is 9.47 Å². The molecule has 0 fully saturated rings. The molecule has 0 amide bonds. The number of nitro groups is 1. The normalized spacial score (nSPS) is 11.1. The number of carboxylic acids is 1. The molecule has 0 aromatic heterocycles. The summed E-state index contributed by atoms with van der Waals surface area (Å²) in [5.74, 6) is -0.319. The van der Waals surface area contributed by atoms with Crippen LogP contribution >= 0.6 is 23.2 Å². The third-order valence-electron chi connectivity index (χ3n) is 4.41. The summed E-state index contributed by atoms with van der Waals surface area (Å²) in [6, 6.07) is 15.3. The molecule has 3 aromatic carbocycles. The minimum absolute atomic E-state index is 0.0142. The third kappa shape index (κ3) is 5.94. The first-order valence-electron chi connectivity index (χ1n) is 9.39. The summed E-state index contributed by atoms with van der Waals surface area (Å²) in [6.45, 7) is 0.0414. The van der Waals surface area contributed by atoms with E-state index in [4.69, 9.17) is 37.4 Å². The van der Waals surface area contributed by atoms with Crippen molar-refractivity contribution in [2.45, 2.75) is 6.61 Å². The van der Waals surface area contributed by atoms with Gasteiger partial charge in [-0.05, 0) is 23.3 Å². The molecule has 1 N–H and O–H groups in total. The summed E-state index contributed by atoms with van der Waals surface area (Å²) >= 11 is 12.6. The SMILES string of the molecule is COC=C(C(=O)O)c1ccccc1COc1cc(Cl)c(Oc2ccc([N+](=O)[O-])cc2)c(Cl)c1. The molecular formula is C23H17Cl2NO7. The minimum atomic E-state index is -1.14. The lowest BCUT2D eigenvalue weighted by Crippen LogP contribution is -2.06. The number of nitrogens with zero attached hydrogens (tertiary/aromatic N) is 1. The van der Waals surface area contributed by atoms with Crippen LogP contribution in [0.2, 0.25) is 10.0 Å². The molecule has 10 heteroatoms. The van der Waals surface area contributed by atoms with E-state index >= 15 is 0 Å². The molecular weight excluding hydrogens is 473 g/mol. The van der Waals surface area contributed by atoms with Gasteiger partial charge >= 0.3 is 5.97 Å². The van der Waals surface area contributed by atoms with E-state index in [1.54, 1.807) is 24.3 Å². The van der Waals surface area contributed by atoms with Crippen LogP contribution in [0.4, 0.5) is 5.69 Å². The van der Waals surface area contributed by atoms with Gasteiger partial charge in [0.1, 0.15) is 23.7 Å². The molecule has 0 atom stereocenters. The van der Waals surface area contributed by atoms with Gasteiger partial charge in [-0.15, -0.1) is 0 Å². The van der Waals surface area contributed by atoms with Crippen LogP contribution in [0.3, 0.4) is 0 Å². The largest absolute Gasteiger partial charge is 0.503 e. The van der Waals surface area contributed by atoms with Gasteiger partial charge in [0.2, 0.25) is 0 Å². The topological polar surface area (TPSA) is 108 Å². The van der Waals surface area contributed by atoms with E-state index in [-0.39, 0.29) is 33.7 Å². The quantitative estimate of drug-likeness (QED) is 0.161. The molecule has 170 valence electrons. The summed E-state index contributed by atoms with van der Waals surface area (Å²) in [6.07, 6.45) is 1.15. The van der Waals surface area contributed by atoms with Crippen molar-refractivity contribution in [3.63, 3.8) is 0 Å². The smallest absolute Gasteiger partial charge is 0.339 e. The van der Waals surface area contributed by atoms with Crippen molar-refractivity contribution >= 4 is 40.4 Å². The van der Waals surface area contributed by atoms with E-state index in [9.17, 15) is 20.0 Å². The number of carbonyl (C=O) groups is 1. The Balaban J connectivity index is 1.78. The Bertz CT molecular complexity index is 1190. The van der Waals surface area contributed by atoms with Gasteiger partial charge in [-0.25, -0.2) is 4.79 Å². The number of aliphatic carboxylic acids is 1. The molecule has 3 aromatic rings. The first-order chi connectivity index (χ1) is 15.8. The highest BCUT2D eigenvalue weighted by molar-refractivity contribution is 6.37. The summed E-state index contributed by atoms with van der Waals surface area (Å²) < 4.78 is 16.3. The highest BCUT2D eigenvalue weighted by Crippen LogP contribution is 2.40. The molecule has 0 saturated heterocycles. The van der Waals surface area contributed by atoms with Gasteiger partial charge in [-0.3, -0.25) is 10.1 Å². The number of carboxylic acid groups (broad SMARTS) is 1. The van der Waals surface area contributed by atoms with Crippen LogP contribution in [0.15, 0.2) is 66.9 Å². The molecule has 0 radical (unpaired) electrons. The number of methoxy groups -OCH3 is 1. The zero-order valence-corrected chi connectivity index (χ0v) is 18.7. The maximum atomic E-state index is 11.6. The Morgan fingerprint density at radius 3 is 2.27 bits per heavy atom. The number of non-ortho nitro benzene ring substituents is 1. The molecule has 3 rings (SSSR count). The fourth-order valence-corrected chi connectivity index (χ4v) is 3.43. The van der Waals surface area contributed by atoms with Gasteiger partial charge in [0.25, 0.3) is 5.69 Å². The van der Waals surface area contributed by atoms with Crippen LogP contribution in [0, 0.1) is 10.1 Å². The van der Waals surface area contributed by atoms with Crippen molar-refractivity contribution in [3.05, 3.63) is 98.2 Å². The van der Waals surface area contributed by atoms with Crippen molar-refractivity contribution in [1.29, 1.82) is 0 Å². The van der Waals surface area contributed by atoms with Gasteiger partial charge < -0.3 is 19.3 Å². The summed E-state index contributed by atoms with van der Waals surface area (Å²) in [5.41, 5.74) is 0.971. The number of ether oxygens (including phenoxy) is 3.